The van der Waals surface area contributed by atoms with Gasteiger partial charge in [-0.2, -0.15) is 0 Å². The molecule has 25 heavy (non-hydrogen) atoms. The maximum absolute atomic E-state index is 12.3. The number of benzene rings is 1. The molecule has 0 unspecified atom stereocenters. The van der Waals surface area contributed by atoms with Crippen molar-refractivity contribution in [2.24, 2.45) is 0 Å². The van der Waals surface area contributed by atoms with E-state index in [9.17, 15) is 9.59 Å². The molecule has 1 aliphatic rings. The Balaban J connectivity index is 1.43. The van der Waals surface area contributed by atoms with Crippen LogP contribution in [0.5, 0.6) is 0 Å². The van der Waals surface area contributed by atoms with Gasteiger partial charge in [-0.1, -0.05) is 30.3 Å². The number of piperazine rings is 1. The average Bonchev–Trinajstić information content (AvgIpc) is 3.05. The number of aromatic nitrogens is 1. The average molecular weight is 358 g/mol. The Bertz CT molecular complexity index is 724. The van der Waals surface area contributed by atoms with Crippen molar-refractivity contribution < 1.29 is 9.59 Å². The highest BCUT2D eigenvalue weighted by molar-refractivity contribution is 7.09. The molecule has 2 aromatic rings. The summed E-state index contributed by atoms with van der Waals surface area (Å²) in [6, 6.07) is 9.75. The lowest BCUT2D eigenvalue weighted by Gasteiger charge is -2.34. The smallest absolute Gasteiger partial charge is 0.317 e. The summed E-state index contributed by atoms with van der Waals surface area (Å²) >= 11 is 1.56. The number of hydrogen-bond acceptors (Lipinski definition) is 4. The van der Waals surface area contributed by atoms with Gasteiger partial charge in [-0.25, -0.2) is 9.78 Å². The van der Waals surface area contributed by atoms with Gasteiger partial charge in [0.15, 0.2) is 0 Å². The molecule has 1 fully saturated rings. The minimum absolute atomic E-state index is 0.0777. The summed E-state index contributed by atoms with van der Waals surface area (Å²) in [6.45, 7) is 4.71. The first-order valence-electron chi connectivity index (χ1n) is 8.37. The fourth-order valence-corrected chi connectivity index (χ4v) is 3.41. The summed E-state index contributed by atoms with van der Waals surface area (Å²) in [4.78, 5) is 32.5. The second kappa shape index (κ2) is 8.11. The fraction of sp³-hybridized carbons (Fsp3) is 0.389. The predicted octanol–water partition coefficient (Wildman–Crippen LogP) is 2.05. The molecular weight excluding hydrogens is 336 g/mol. The standard InChI is InChI=1S/C18H22N4O2S/c1-14-20-16(13-25-14)11-17(23)21-7-9-22(10-8-21)18(24)19-12-15-5-3-2-4-6-15/h2-6,13H,7-12H2,1H3,(H,19,24). The van der Waals surface area contributed by atoms with Gasteiger partial charge in [0.25, 0.3) is 0 Å². The van der Waals surface area contributed by atoms with E-state index in [0.29, 0.717) is 39.1 Å². The van der Waals surface area contributed by atoms with Crippen molar-refractivity contribution in [2.45, 2.75) is 19.9 Å². The van der Waals surface area contributed by atoms with Gasteiger partial charge in [-0.3, -0.25) is 4.79 Å². The zero-order valence-electron chi connectivity index (χ0n) is 14.3. The van der Waals surface area contributed by atoms with Crippen molar-refractivity contribution in [1.82, 2.24) is 20.1 Å². The third-order valence-electron chi connectivity index (χ3n) is 4.21. The second-order valence-corrected chi connectivity index (χ2v) is 7.11. The Hall–Kier alpha value is -2.41. The Morgan fingerprint density at radius 1 is 1.12 bits per heavy atom. The number of aryl methyl sites for hydroxylation is 1. The topological polar surface area (TPSA) is 65.5 Å². The summed E-state index contributed by atoms with van der Waals surface area (Å²) in [5, 5.41) is 5.84. The molecule has 1 aromatic carbocycles. The van der Waals surface area contributed by atoms with Crippen LogP contribution in [0.15, 0.2) is 35.7 Å². The lowest BCUT2D eigenvalue weighted by Crippen LogP contribution is -2.53. The third kappa shape index (κ3) is 4.79. The summed E-state index contributed by atoms with van der Waals surface area (Å²) in [5.41, 5.74) is 1.90. The molecule has 0 bridgehead atoms. The minimum Gasteiger partial charge on any atom is -0.339 e. The van der Waals surface area contributed by atoms with Gasteiger partial charge >= 0.3 is 6.03 Å². The molecule has 1 aliphatic heterocycles. The molecule has 1 N–H and O–H groups in total. The number of nitrogens with one attached hydrogen (secondary N) is 1. The molecule has 132 valence electrons. The van der Waals surface area contributed by atoms with Crippen molar-refractivity contribution >= 4 is 23.3 Å². The van der Waals surface area contributed by atoms with E-state index in [4.69, 9.17) is 0 Å². The van der Waals surface area contributed by atoms with Crippen LogP contribution in [0.3, 0.4) is 0 Å². The van der Waals surface area contributed by atoms with E-state index in [0.717, 1.165) is 16.3 Å². The number of carbonyl (C=O) groups excluding carboxylic acids is 2. The summed E-state index contributed by atoms with van der Waals surface area (Å²) < 4.78 is 0. The predicted molar refractivity (Wildman–Crippen MR) is 97.4 cm³/mol. The molecule has 0 saturated carbocycles. The second-order valence-electron chi connectivity index (χ2n) is 6.05. The van der Waals surface area contributed by atoms with Crippen LogP contribution in [0, 0.1) is 6.92 Å². The number of hydrogen-bond donors (Lipinski definition) is 1. The molecular formula is C18H22N4O2S. The molecule has 1 saturated heterocycles. The maximum atomic E-state index is 12.3. The van der Waals surface area contributed by atoms with Crippen LogP contribution in [-0.2, 0) is 17.8 Å². The van der Waals surface area contributed by atoms with Crippen LogP contribution < -0.4 is 5.32 Å². The zero-order valence-corrected chi connectivity index (χ0v) is 15.1. The Morgan fingerprint density at radius 3 is 2.44 bits per heavy atom. The van der Waals surface area contributed by atoms with Gasteiger partial charge in [0, 0.05) is 38.1 Å². The van der Waals surface area contributed by atoms with Gasteiger partial charge in [0.05, 0.1) is 17.1 Å². The Morgan fingerprint density at radius 2 is 1.80 bits per heavy atom. The van der Waals surface area contributed by atoms with E-state index >= 15 is 0 Å². The third-order valence-corrected chi connectivity index (χ3v) is 5.03. The summed E-state index contributed by atoms with van der Waals surface area (Å²) in [6.07, 6.45) is 0.338. The first kappa shape index (κ1) is 17.4. The number of nitrogens with zero attached hydrogens (tertiary/aromatic N) is 3. The van der Waals surface area contributed by atoms with E-state index in [1.165, 1.54) is 0 Å². The van der Waals surface area contributed by atoms with Crippen LogP contribution in [0.4, 0.5) is 4.79 Å². The summed E-state index contributed by atoms with van der Waals surface area (Å²) in [5.74, 6) is 0.0784. The Kier molecular flexibility index (Phi) is 5.65. The van der Waals surface area contributed by atoms with E-state index in [-0.39, 0.29) is 11.9 Å². The van der Waals surface area contributed by atoms with Crippen LogP contribution >= 0.6 is 11.3 Å². The van der Waals surface area contributed by atoms with Gasteiger partial charge in [0.2, 0.25) is 5.91 Å². The summed E-state index contributed by atoms with van der Waals surface area (Å²) in [7, 11) is 0. The van der Waals surface area contributed by atoms with Gasteiger partial charge in [-0.15, -0.1) is 11.3 Å². The highest BCUT2D eigenvalue weighted by Gasteiger charge is 2.24. The van der Waals surface area contributed by atoms with Crippen molar-refractivity contribution in [2.75, 3.05) is 26.2 Å². The van der Waals surface area contributed by atoms with Crippen molar-refractivity contribution in [3.63, 3.8) is 0 Å². The lowest BCUT2D eigenvalue weighted by atomic mass is 10.2. The van der Waals surface area contributed by atoms with Crippen LogP contribution in [0.1, 0.15) is 16.3 Å². The van der Waals surface area contributed by atoms with Crippen molar-refractivity contribution in [1.29, 1.82) is 0 Å². The van der Waals surface area contributed by atoms with E-state index < -0.39 is 0 Å². The van der Waals surface area contributed by atoms with Crippen LogP contribution in [0.25, 0.3) is 0 Å². The van der Waals surface area contributed by atoms with E-state index in [2.05, 4.69) is 10.3 Å². The number of carbonyl (C=O) groups is 2. The fourth-order valence-electron chi connectivity index (χ4n) is 2.80. The zero-order chi connectivity index (χ0) is 17.6. The molecule has 3 amide bonds. The quantitative estimate of drug-likeness (QED) is 0.910. The monoisotopic (exact) mass is 358 g/mol. The van der Waals surface area contributed by atoms with Gasteiger partial charge in [-0.05, 0) is 12.5 Å². The highest BCUT2D eigenvalue weighted by Crippen LogP contribution is 2.11. The lowest BCUT2D eigenvalue weighted by molar-refractivity contribution is -0.131. The number of amides is 3. The maximum Gasteiger partial charge on any atom is 0.317 e. The van der Waals surface area contributed by atoms with Gasteiger partial charge < -0.3 is 15.1 Å². The molecule has 2 heterocycles. The largest absolute Gasteiger partial charge is 0.339 e. The number of thiazole rings is 1. The van der Waals surface area contributed by atoms with Crippen molar-refractivity contribution in [3.8, 4) is 0 Å². The normalized spacial score (nSPS) is 14.4. The Labute approximate surface area is 151 Å². The molecule has 0 radical (unpaired) electrons. The minimum atomic E-state index is -0.0777. The highest BCUT2D eigenvalue weighted by atomic mass is 32.1. The van der Waals surface area contributed by atoms with Crippen molar-refractivity contribution in [3.05, 3.63) is 52.0 Å². The number of urea groups is 1. The van der Waals surface area contributed by atoms with Crippen LogP contribution in [-0.4, -0.2) is 52.9 Å². The molecule has 7 heteroatoms. The van der Waals surface area contributed by atoms with Gasteiger partial charge in [0.1, 0.15) is 0 Å². The molecule has 1 aromatic heterocycles. The SMILES string of the molecule is Cc1nc(CC(=O)N2CCN(C(=O)NCc3ccccc3)CC2)cs1. The first-order chi connectivity index (χ1) is 12.1. The molecule has 0 aliphatic carbocycles. The number of rotatable bonds is 4. The first-order valence-corrected chi connectivity index (χ1v) is 9.25. The molecule has 3 rings (SSSR count). The van der Waals surface area contributed by atoms with Crippen LogP contribution in [0.2, 0.25) is 0 Å². The molecule has 0 atom stereocenters. The van der Waals surface area contributed by atoms with E-state index in [1.54, 1.807) is 16.2 Å². The molecule has 6 nitrogen and oxygen atoms in total. The molecule has 0 spiro atoms. The van der Waals surface area contributed by atoms with E-state index in [1.807, 2.05) is 47.5 Å².